The molecule has 0 aromatic carbocycles. The van der Waals surface area contributed by atoms with Gasteiger partial charge in [-0.25, -0.2) is 0 Å². The van der Waals surface area contributed by atoms with Crippen LogP contribution < -0.4 is 5.73 Å². The molecule has 0 fully saturated rings. The van der Waals surface area contributed by atoms with Crippen molar-refractivity contribution >= 4 is 5.96 Å². The van der Waals surface area contributed by atoms with Crippen molar-refractivity contribution in [3.05, 3.63) is 0 Å². The number of rotatable bonds is 2. The average molecular weight is 171 g/mol. The van der Waals surface area contributed by atoms with E-state index in [-0.39, 0.29) is 5.41 Å². The Bertz CT molecular complexity index is 156. The monoisotopic (exact) mass is 171 g/mol. The van der Waals surface area contributed by atoms with Crippen LogP contribution in [0, 0.1) is 5.41 Å². The van der Waals surface area contributed by atoms with E-state index in [1.807, 2.05) is 18.9 Å². The summed E-state index contributed by atoms with van der Waals surface area (Å²) in [4.78, 5) is 6.12. The van der Waals surface area contributed by atoms with Crippen LogP contribution in [0.2, 0.25) is 0 Å². The molecule has 0 heterocycles. The Hall–Kier alpha value is -0.730. The fourth-order valence-corrected chi connectivity index (χ4v) is 1.08. The SMILES string of the molecule is CCN=C(N)N(C)CC(C)(C)C. The summed E-state index contributed by atoms with van der Waals surface area (Å²) >= 11 is 0. The minimum absolute atomic E-state index is 0.266. The molecule has 0 amide bonds. The summed E-state index contributed by atoms with van der Waals surface area (Å²) < 4.78 is 0. The van der Waals surface area contributed by atoms with Crippen LogP contribution in [-0.2, 0) is 0 Å². The summed E-state index contributed by atoms with van der Waals surface area (Å²) in [6, 6.07) is 0. The fourth-order valence-electron chi connectivity index (χ4n) is 1.08. The normalized spacial score (nSPS) is 13.2. The Kier molecular flexibility index (Phi) is 4.07. The van der Waals surface area contributed by atoms with Gasteiger partial charge in [0.1, 0.15) is 0 Å². The maximum Gasteiger partial charge on any atom is 0.190 e. The largest absolute Gasteiger partial charge is 0.370 e. The molecule has 0 rings (SSSR count). The van der Waals surface area contributed by atoms with Crippen LogP contribution in [-0.4, -0.2) is 31.0 Å². The van der Waals surface area contributed by atoms with Crippen molar-refractivity contribution in [3.8, 4) is 0 Å². The zero-order valence-electron chi connectivity index (χ0n) is 8.89. The number of hydrogen-bond donors (Lipinski definition) is 1. The van der Waals surface area contributed by atoms with E-state index in [9.17, 15) is 0 Å². The van der Waals surface area contributed by atoms with E-state index in [0.29, 0.717) is 5.96 Å². The van der Waals surface area contributed by atoms with Crippen LogP contribution in [0.5, 0.6) is 0 Å². The maximum absolute atomic E-state index is 5.71. The molecular weight excluding hydrogens is 150 g/mol. The third-order valence-electron chi connectivity index (χ3n) is 1.42. The lowest BCUT2D eigenvalue weighted by Crippen LogP contribution is -2.39. The van der Waals surface area contributed by atoms with Crippen LogP contribution in [0.15, 0.2) is 4.99 Å². The number of nitrogens with zero attached hydrogens (tertiary/aromatic N) is 2. The quantitative estimate of drug-likeness (QED) is 0.502. The first kappa shape index (κ1) is 11.3. The van der Waals surface area contributed by atoms with Gasteiger partial charge in [0, 0.05) is 20.1 Å². The molecule has 12 heavy (non-hydrogen) atoms. The van der Waals surface area contributed by atoms with Gasteiger partial charge in [0.15, 0.2) is 5.96 Å². The van der Waals surface area contributed by atoms with E-state index in [1.54, 1.807) is 0 Å². The highest BCUT2D eigenvalue weighted by Crippen LogP contribution is 2.13. The average Bonchev–Trinajstić information content (AvgIpc) is 1.84. The summed E-state index contributed by atoms with van der Waals surface area (Å²) in [5, 5.41) is 0. The molecule has 0 spiro atoms. The van der Waals surface area contributed by atoms with Crippen LogP contribution in [0.1, 0.15) is 27.7 Å². The van der Waals surface area contributed by atoms with Crippen molar-refractivity contribution in [2.24, 2.45) is 16.1 Å². The first-order chi connectivity index (χ1) is 5.37. The van der Waals surface area contributed by atoms with Gasteiger partial charge >= 0.3 is 0 Å². The lowest BCUT2D eigenvalue weighted by atomic mass is 9.96. The molecule has 0 aliphatic carbocycles. The Morgan fingerprint density at radius 3 is 2.25 bits per heavy atom. The second-order valence-electron chi connectivity index (χ2n) is 4.25. The number of guanidine groups is 1. The second kappa shape index (κ2) is 4.33. The molecule has 2 N–H and O–H groups in total. The summed E-state index contributed by atoms with van der Waals surface area (Å²) in [7, 11) is 1.97. The van der Waals surface area contributed by atoms with Crippen molar-refractivity contribution in [1.29, 1.82) is 0 Å². The van der Waals surface area contributed by atoms with Gasteiger partial charge < -0.3 is 10.6 Å². The van der Waals surface area contributed by atoms with Gasteiger partial charge in [-0.1, -0.05) is 20.8 Å². The molecule has 0 aromatic heterocycles. The van der Waals surface area contributed by atoms with Gasteiger partial charge in [-0.05, 0) is 12.3 Å². The molecular formula is C9H21N3. The first-order valence-electron chi connectivity index (χ1n) is 4.38. The van der Waals surface area contributed by atoms with Crippen molar-refractivity contribution in [2.45, 2.75) is 27.7 Å². The minimum atomic E-state index is 0.266. The highest BCUT2D eigenvalue weighted by molar-refractivity contribution is 5.77. The Morgan fingerprint density at radius 2 is 1.92 bits per heavy atom. The van der Waals surface area contributed by atoms with Gasteiger partial charge in [-0.3, -0.25) is 4.99 Å². The van der Waals surface area contributed by atoms with Gasteiger partial charge in [-0.15, -0.1) is 0 Å². The lowest BCUT2D eigenvalue weighted by Gasteiger charge is -2.27. The molecule has 72 valence electrons. The minimum Gasteiger partial charge on any atom is -0.370 e. The molecule has 3 heteroatoms. The molecule has 0 aromatic rings. The van der Waals surface area contributed by atoms with Gasteiger partial charge in [0.25, 0.3) is 0 Å². The van der Waals surface area contributed by atoms with E-state index in [4.69, 9.17) is 5.73 Å². The number of nitrogens with two attached hydrogens (primary N) is 1. The summed E-state index contributed by atoms with van der Waals surface area (Å²) in [5.41, 5.74) is 5.98. The molecule has 0 unspecified atom stereocenters. The van der Waals surface area contributed by atoms with Gasteiger partial charge in [0.05, 0.1) is 0 Å². The molecule has 3 nitrogen and oxygen atoms in total. The number of hydrogen-bond acceptors (Lipinski definition) is 1. The van der Waals surface area contributed by atoms with Gasteiger partial charge in [-0.2, -0.15) is 0 Å². The molecule has 0 saturated heterocycles. The van der Waals surface area contributed by atoms with Crippen molar-refractivity contribution < 1.29 is 0 Å². The van der Waals surface area contributed by atoms with Crippen molar-refractivity contribution in [1.82, 2.24) is 4.90 Å². The van der Waals surface area contributed by atoms with Crippen molar-refractivity contribution in [3.63, 3.8) is 0 Å². The Balaban J connectivity index is 4.04. The third kappa shape index (κ3) is 4.99. The molecule has 0 saturated carbocycles. The van der Waals surface area contributed by atoms with Crippen LogP contribution in [0.4, 0.5) is 0 Å². The van der Waals surface area contributed by atoms with Crippen molar-refractivity contribution in [2.75, 3.05) is 20.1 Å². The lowest BCUT2D eigenvalue weighted by molar-refractivity contribution is 0.304. The van der Waals surface area contributed by atoms with E-state index < -0.39 is 0 Å². The predicted molar refractivity (Wildman–Crippen MR) is 54.2 cm³/mol. The standard InChI is InChI=1S/C9H21N3/c1-6-11-8(10)12(5)7-9(2,3)4/h6-7H2,1-5H3,(H2,10,11). The Labute approximate surface area is 75.7 Å². The summed E-state index contributed by atoms with van der Waals surface area (Å²) in [6.45, 7) is 10.2. The number of aliphatic imine (C=N–C) groups is 1. The third-order valence-corrected chi connectivity index (χ3v) is 1.42. The second-order valence-corrected chi connectivity index (χ2v) is 4.25. The highest BCUT2D eigenvalue weighted by Gasteiger charge is 2.14. The summed E-state index contributed by atoms with van der Waals surface area (Å²) in [6.07, 6.45) is 0. The zero-order chi connectivity index (χ0) is 9.78. The van der Waals surface area contributed by atoms with Crippen LogP contribution in [0.3, 0.4) is 0 Å². The van der Waals surface area contributed by atoms with E-state index in [0.717, 1.165) is 13.1 Å². The smallest absolute Gasteiger partial charge is 0.190 e. The fraction of sp³-hybridized carbons (Fsp3) is 0.889. The topological polar surface area (TPSA) is 41.6 Å². The van der Waals surface area contributed by atoms with E-state index >= 15 is 0 Å². The van der Waals surface area contributed by atoms with E-state index in [1.165, 1.54) is 0 Å². The molecule has 0 radical (unpaired) electrons. The predicted octanol–water partition coefficient (Wildman–Crippen LogP) is 1.30. The summed E-state index contributed by atoms with van der Waals surface area (Å²) in [5.74, 6) is 0.632. The van der Waals surface area contributed by atoms with E-state index in [2.05, 4.69) is 25.8 Å². The molecule has 0 atom stereocenters. The maximum atomic E-state index is 5.71. The first-order valence-corrected chi connectivity index (χ1v) is 4.38. The Morgan fingerprint density at radius 1 is 1.42 bits per heavy atom. The van der Waals surface area contributed by atoms with Gasteiger partial charge in [0.2, 0.25) is 0 Å². The van der Waals surface area contributed by atoms with Crippen LogP contribution in [0.25, 0.3) is 0 Å². The molecule has 0 aliphatic rings. The zero-order valence-corrected chi connectivity index (χ0v) is 8.89. The highest BCUT2D eigenvalue weighted by atomic mass is 15.2. The molecule has 0 bridgehead atoms. The van der Waals surface area contributed by atoms with Crippen LogP contribution >= 0.6 is 0 Å². The molecule has 0 aliphatic heterocycles.